The quantitative estimate of drug-likeness (QED) is 0.836. The fraction of sp³-hybridized carbons (Fsp3) is 0.417. The summed E-state index contributed by atoms with van der Waals surface area (Å²) in [5.74, 6) is 0.0215. The van der Waals surface area contributed by atoms with Gasteiger partial charge in [0.1, 0.15) is 5.60 Å². The summed E-state index contributed by atoms with van der Waals surface area (Å²) in [5.41, 5.74) is 2.82. The molecule has 0 unspecified atom stereocenters. The number of benzene rings is 2. The van der Waals surface area contributed by atoms with E-state index in [1.807, 2.05) is 51.1 Å². The van der Waals surface area contributed by atoms with E-state index in [1.165, 1.54) is 5.56 Å². The summed E-state index contributed by atoms with van der Waals surface area (Å²) in [7, 11) is 0. The Kier molecular flexibility index (Phi) is 6.57. The fourth-order valence-corrected chi connectivity index (χ4v) is 3.44. The van der Waals surface area contributed by atoms with Crippen LogP contribution in [0.2, 0.25) is 0 Å². The van der Waals surface area contributed by atoms with Crippen molar-refractivity contribution in [2.45, 2.75) is 51.7 Å². The van der Waals surface area contributed by atoms with Gasteiger partial charge in [0.25, 0.3) is 0 Å². The van der Waals surface area contributed by atoms with Gasteiger partial charge in [0.05, 0.1) is 6.42 Å². The third-order valence-electron chi connectivity index (χ3n) is 4.94. The monoisotopic (exact) mass is 394 g/mol. The smallest absolute Gasteiger partial charge is 0.410 e. The molecule has 0 aromatic heterocycles. The predicted molar refractivity (Wildman–Crippen MR) is 115 cm³/mol. The van der Waals surface area contributed by atoms with Gasteiger partial charge in [-0.25, -0.2) is 4.79 Å². The fourth-order valence-electron chi connectivity index (χ4n) is 3.44. The Hall–Kier alpha value is -2.82. The number of ether oxygens (including phenoxy) is 1. The Morgan fingerprint density at radius 3 is 2.14 bits per heavy atom. The zero-order valence-corrected chi connectivity index (χ0v) is 17.5. The summed E-state index contributed by atoms with van der Waals surface area (Å²) >= 11 is 0. The van der Waals surface area contributed by atoms with Crippen LogP contribution in [-0.4, -0.2) is 41.6 Å². The Bertz CT molecular complexity index is 817. The summed E-state index contributed by atoms with van der Waals surface area (Å²) in [6.07, 6.45) is 1.58. The van der Waals surface area contributed by atoms with Gasteiger partial charge < -0.3 is 15.0 Å². The van der Waals surface area contributed by atoms with Gasteiger partial charge in [-0.05, 0) is 50.3 Å². The second-order valence-corrected chi connectivity index (χ2v) is 8.55. The molecule has 29 heavy (non-hydrogen) atoms. The third kappa shape index (κ3) is 6.34. The van der Waals surface area contributed by atoms with Gasteiger partial charge in [0.15, 0.2) is 0 Å². The van der Waals surface area contributed by atoms with Crippen molar-refractivity contribution in [3.05, 3.63) is 60.2 Å². The standard InChI is InChI=1S/C24H30N2O3/c1-24(2,3)29-23(28)26-15-13-21(14-16-26)25-22(27)17-18-9-11-20(12-10-18)19-7-5-4-6-8-19/h4-12,21H,13-17H2,1-3H3,(H,25,27). The first-order valence-corrected chi connectivity index (χ1v) is 10.2. The number of amides is 2. The minimum atomic E-state index is -0.488. The number of carbonyl (C=O) groups is 2. The highest BCUT2D eigenvalue weighted by Crippen LogP contribution is 2.20. The highest BCUT2D eigenvalue weighted by Gasteiger charge is 2.27. The van der Waals surface area contributed by atoms with Gasteiger partial charge in [0, 0.05) is 19.1 Å². The molecule has 3 rings (SSSR count). The molecule has 1 aliphatic heterocycles. The van der Waals surface area contributed by atoms with Crippen LogP contribution in [0.5, 0.6) is 0 Å². The second-order valence-electron chi connectivity index (χ2n) is 8.55. The van der Waals surface area contributed by atoms with Gasteiger partial charge in [-0.3, -0.25) is 4.79 Å². The Labute approximate surface area is 173 Å². The average molecular weight is 395 g/mol. The molecule has 1 saturated heterocycles. The van der Waals surface area contributed by atoms with Gasteiger partial charge in [-0.2, -0.15) is 0 Å². The van der Waals surface area contributed by atoms with Gasteiger partial charge in [-0.1, -0.05) is 54.6 Å². The second kappa shape index (κ2) is 9.12. The van der Waals surface area contributed by atoms with Crippen molar-refractivity contribution in [3.8, 4) is 11.1 Å². The summed E-state index contributed by atoms with van der Waals surface area (Å²) in [6, 6.07) is 18.4. The lowest BCUT2D eigenvalue weighted by Gasteiger charge is -2.33. The summed E-state index contributed by atoms with van der Waals surface area (Å²) in [4.78, 5) is 26.3. The number of rotatable bonds is 4. The van der Waals surface area contributed by atoms with Crippen molar-refractivity contribution in [2.75, 3.05) is 13.1 Å². The highest BCUT2D eigenvalue weighted by atomic mass is 16.6. The van der Waals surface area contributed by atoms with Gasteiger partial charge >= 0.3 is 6.09 Å². The zero-order valence-electron chi connectivity index (χ0n) is 17.5. The first kappa shape index (κ1) is 20.9. The van der Waals surface area contributed by atoms with Crippen molar-refractivity contribution in [1.29, 1.82) is 0 Å². The van der Waals surface area contributed by atoms with E-state index in [1.54, 1.807) is 4.90 Å². The molecule has 0 spiro atoms. The molecule has 2 aromatic rings. The Balaban J connectivity index is 1.45. The maximum Gasteiger partial charge on any atom is 0.410 e. The molecule has 1 aliphatic rings. The van der Waals surface area contributed by atoms with Crippen LogP contribution in [0.3, 0.4) is 0 Å². The van der Waals surface area contributed by atoms with Crippen LogP contribution in [0.15, 0.2) is 54.6 Å². The highest BCUT2D eigenvalue weighted by molar-refractivity contribution is 5.79. The first-order valence-electron chi connectivity index (χ1n) is 10.2. The van der Waals surface area contributed by atoms with E-state index in [9.17, 15) is 9.59 Å². The number of hydrogen-bond donors (Lipinski definition) is 1. The molecule has 1 fully saturated rings. The Morgan fingerprint density at radius 1 is 0.966 bits per heavy atom. The van der Waals surface area contributed by atoms with Crippen LogP contribution in [0.4, 0.5) is 4.79 Å². The number of carbonyl (C=O) groups excluding carboxylic acids is 2. The minimum absolute atomic E-state index is 0.0215. The lowest BCUT2D eigenvalue weighted by atomic mass is 10.0. The van der Waals surface area contributed by atoms with E-state index in [4.69, 9.17) is 4.74 Å². The van der Waals surface area contributed by atoms with Crippen LogP contribution in [0.25, 0.3) is 11.1 Å². The maximum atomic E-state index is 12.4. The normalized spacial score (nSPS) is 15.1. The number of nitrogens with one attached hydrogen (secondary N) is 1. The number of piperidine rings is 1. The van der Waals surface area contributed by atoms with Crippen LogP contribution in [0, 0.1) is 0 Å². The number of hydrogen-bond acceptors (Lipinski definition) is 3. The summed E-state index contributed by atoms with van der Waals surface area (Å²) < 4.78 is 5.41. The largest absolute Gasteiger partial charge is 0.444 e. The molecular weight excluding hydrogens is 364 g/mol. The Morgan fingerprint density at radius 2 is 1.55 bits per heavy atom. The average Bonchev–Trinajstić information content (AvgIpc) is 2.68. The third-order valence-corrected chi connectivity index (χ3v) is 4.94. The molecular formula is C24H30N2O3. The topological polar surface area (TPSA) is 58.6 Å². The molecule has 0 radical (unpaired) electrons. The molecule has 5 nitrogen and oxygen atoms in total. The van der Waals surface area contributed by atoms with Crippen molar-refractivity contribution in [2.24, 2.45) is 0 Å². The van der Waals surface area contributed by atoms with Crippen molar-refractivity contribution in [1.82, 2.24) is 10.2 Å². The molecule has 0 aliphatic carbocycles. The summed E-state index contributed by atoms with van der Waals surface area (Å²) in [5, 5.41) is 3.10. The van der Waals surface area contributed by atoms with Gasteiger partial charge in [0.2, 0.25) is 5.91 Å². The minimum Gasteiger partial charge on any atom is -0.444 e. The van der Waals surface area contributed by atoms with E-state index >= 15 is 0 Å². The van der Waals surface area contributed by atoms with Crippen LogP contribution < -0.4 is 5.32 Å². The molecule has 2 aromatic carbocycles. The molecule has 2 amide bonds. The molecule has 0 saturated carbocycles. The molecule has 0 bridgehead atoms. The number of nitrogens with zero attached hydrogens (tertiary/aromatic N) is 1. The lowest BCUT2D eigenvalue weighted by molar-refractivity contribution is -0.121. The van der Waals surface area contributed by atoms with Crippen molar-refractivity contribution in [3.63, 3.8) is 0 Å². The molecule has 5 heteroatoms. The van der Waals surface area contributed by atoms with E-state index in [2.05, 4.69) is 29.6 Å². The molecule has 154 valence electrons. The van der Waals surface area contributed by atoms with Crippen LogP contribution in [0.1, 0.15) is 39.2 Å². The van der Waals surface area contributed by atoms with E-state index in [-0.39, 0.29) is 18.0 Å². The van der Waals surface area contributed by atoms with Crippen molar-refractivity contribution >= 4 is 12.0 Å². The van der Waals surface area contributed by atoms with Gasteiger partial charge in [-0.15, -0.1) is 0 Å². The van der Waals surface area contributed by atoms with Crippen LogP contribution in [-0.2, 0) is 16.0 Å². The van der Waals surface area contributed by atoms with Crippen molar-refractivity contribution < 1.29 is 14.3 Å². The molecule has 1 heterocycles. The van der Waals surface area contributed by atoms with Crippen LogP contribution >= 0.6 is 0 Å². The first-order chi connectivity index (χ1) is 13.8. The predicted octanol–water partition coefficient (Wildman–Crippen LogP) is 4.41. The van der Waals surface area contributed by atoms with E-state index in [0.29, 0.717) is 19.5 Å². The summed E-state index contributed by atoms with van der Waals surface area (Å²) in [6.45, 7) is 6.80. The van der Waals surface area contributed by atoms with E-state index < -0.39 is 5.60 Å². The maximum absolute atomic E-state index is 12.4. The SMILES string of the molecule is CC(C)(C)OC(=O)N1CCC(NC(=O)Cc2ccc(-c3ccccc3)cc2)CC1. The number of likely N-dealkylation sites (tertiary alicyclic amines) is 1. The molecule has 1 N–H and O–H groups in total. The molecule has 0 atom stereocenters. The zero-order chi connectivity index (χ0) is 20.9. The lowest BCUT2D eigenvalue weighted by Crippen LogP contribution is -2.48. The van der Waals surface area contributed by atoms with E-state index in [0.717, 1.165) is 24.0 Å².